The Morgan fingerprint density at radius 3 is 1.29 bits per heavy atom. The van der Waals surface area contributed by atoms with Crippen molar-refractivity contribution in [1.82, 2.24) is 0 Å². The molecule has 1 nitrogen and oxygen atoms in total. The number of halogens is 15. The first-order chi connectivity index (χ1) is 13.0. The van der Waals surface area contributed by atoms with Crippen LogP contribution < -0.4 is 0 Å². The molecule has 0 aliphatic heterocycles. The van der Waals surface area contributed by atoms with Gasteiger partial charge in [0, 0.05) is 0 Å². The van der Waals surface area contributed by atoms with Crippen LogP contribution in [0.25, 0.3) is 4.13 Å². The zero-order valence-corrected chi connectivity index (χ0v) is 16.6. The number of hydrogen-bond donors (Lipinski definition) is 0. The second-order valence-electron chi connectivity index (χ2n) is 5.16. The van der Waals surface area contributed by atoms with E-state index in [-0.39, 0.29) is 40.6 Å². The fourth-order valence-corrected chi connectivity index (χ4v) is 2.98. The minimum atomic E-state index is -7.23. The third-order valence-electron chi connectivity index (χ3n) is 2.97. The van der Waals surface area contributed by atoms with Crippen LogP contribution in [0.5, 0.6) is 0 Å². The molecule has 31 heavy (non-hydrogen) atoms. The molecule has 0 aliphatic carbocycles. The third kappa shape index (κ3) is 6.78. The Kier molecular flexibility index (Phi) is 9.31. The smallest absolute Gasteiger partial charge is 0.541 e. The minimum Gasteiger partial charge on any atom is -0.541 e. The molecule has 1 aromatic carbocycles. The molecule has 184 valence electrons. The van der Waals surface area contributed by atoms with Gasteiger partial charge in [-0.05, 0) is 23.1 Å². The molecular weight excluding hydrogens is 615 g/mol. The van der Waals surface area contributed by atoms with Crippen LogP contribution in [0.15, 0.2) is 23.1 Å². The maximum absolute atomic E-state index is 13.2. The Balaban J connectivity index is 0.00000900. The van der Waals surface area contributed by atoms with E-state index >= 15 is 0 Å². The molecule has 1 aromatic rings. The monoisotopic (exact) mass is 617 g/mol. The SMILES string of the molecule is FC(F)(F)c1cc(S[N-]SC(F)(F)C(F)(F)C(F)(F)C(F)(F)F)cc(C(F)(F)F)c1.[Ag+]. The maximum Gasteiger partial charge on any atom is 1.00 e. The first kappa shape index (κ1) is 30.6. The number of alkyl halides is 15. The second-order valence-corrected chi connectivity index (χ2v) is 7.11. The Bertz CT molecular complexity index is 724. The molecule has 0 saturated carbocycles. The van der Waals surface area contributed by atoms with E-state index in [2.05, 4.69) is 4.13 Å². The summed E-state index contributed by atoms with van der Waals surface area (Å²) in [5, 5.41) is -6.24. The topological polar surface area (TPSA) is 14.1 Å². The molecule has 0 bridgehead atoms. The molecule has 0 radical (unpaired) electrons. The van der Waals surface area contributed by atoms with Gasteiger partial charge < -0.3 is 4.13 Å². The molecular formula is C12H3AgF15NS2. The first-order valence-electron chi connectivity index (χ1n) is 6.59. The summed E-state index contributed by atoms with van der Waals surface area (Å²) in [6.45, 7) is 0. The summed E-state index contributed by atoms with van der Waals surface area (Å²) in [7, 11) is 0. The van der Waals surface area contributed by atoms with Crippen LogP contribution in [0.3, 0.4) is 0 Å². The average Bonchev–Trinajstić information content (AvgIpc) is 2.51. The second kappa shape index (κ2) is 9.44. The van der Waals surface area contributed by atoms with Crippen LogP contribution in [-0.4, -0.2) is 23.3 Å². The van der Waals surface area contributed by atoms with E-state index in [4.69, 9.17) is 0 Å². The van der Waals surface area contributed by atoms with Crippen molar-refractivity contribution in [3.05, 3.63) is 33.5 Å². The molecule has 0 atom stereocenters. The fraction of sp³-hybridized carbons (Fsp3) is 0.500. The van der Waals surface area contributed by atoms with Crippen molar-refractivity contribution >= 4 is 23.9 Å². The summed E-state index contributed by atoms with van der Waals surface area (Å²) >= 11 is -2.60. The van der Waals surface area contributed by atoms with Crippen molar-refractivity contribution in [2.45, 2.75) is 40.5 Å². The quantitative estimate of drug-likeness (QED) is 0.182. The molecule has 19 heteroatoms. The van der Waals surface area contributed by atoms with Gasteiger partial charge in [0.15, 0.2) is 0 Å². The van der Waals surface area contributed by atoms with Crippen molar-refractivity contribution in [3.8, 4) is 0 Å². The van der Waals surface area contributed by atoms with E-state index in [1.165, 1.54) is 0 Å². The molecule has 0 fully saturated rings. The fourth-order valence-electron chi connectivity index (χ4n) is 1.51. The van der Waals surface area contributed by atoms with Gasteiger partial charge in [0.2, 0.25) is 0 Å². The van der Waals surface area contributed by atoms with E-state index in [1.54, 1.807) is 0 Å². The van der Waals surface area contributed by atoms with Gasteiger partial charge in [-0.25, -0.2) is 23.9 Å². The number of rotatable bonds is 6. The summed E-state index contributed by atoms with van der Waals surface area (Å²) in [5.41, 5.74) is -3.89. The number of nitrogens with zero attached hydrogens (tertiary/aromatic N) is 1. The van der Waals surface area contributed by atoms with Crippen molar-refractivity contribution in [3.63, 3.8) is 0 Å². The molecule has 0 unspecified atom stereocenters. The Morgan fingerprint density at radius 2 is 0.968 bits per heavy atom. The predicted molar refractivity (Wildman–Crippen MR) is 74.1 cm³/mol. The zero-order chi connectivity index (χ0) is 24.0. The Hall–Kier alpha value is -0.430. The Labute approximate surface area is 186 Å². The molecule has 0 N–H and O–H groups in total. The largest absolute Gasteiger partial charge is 1.00 e. The molecule has 0 heterocycles. The summed E-state index contributed by atoms with van der Waals surface area (Å²) in [6, 6.07) is -0.501. The van der Waals surface area contributed by atoms with E-state index in [0.717, 1.165) is 0 Å². The minimum absolute atomic E-state index is 0. The van der Waals surface area contributed by atoms with E-state index in [0.29, 0.717) is 0 Å². The average molecular weight is 618 g/mol. The van der Waals surface area contributed by atoms with Gasteiger partial charge in [0.05, 0.1) is 11.1 Å². The van der Waals surface area contributed by atoms with Crippen molar-refractivity contribution in [2.75, 3.05) is 0 Å². The Morgan fingerprint density at radius 1 is 0.581 bits per heavy atom. The third-order valence-corrected chi connectivity index (χ3v) is 4.50. The van der Waals surface area contributed by atoms with Crippen molar-refractivity contribution in [1.29, 1.82) is 0 Å². The van der Waals surface area contributed by atoms with E-state index < -0.39 is 75.5 Å². The molecule has 0 aliphatic rings. The van der Waals surface area contributed by atoms with Gasteiger partial charge in [-0.1, -0.05) is 0 Å². The molecule has 0 saturated heterocycles. The standard InChI is InChI=1S/C12H3F15NS2.Ag/c13-7(14,15)4-1-5(8(16,17)18)3-6(2-4)29-28-30-12(26,27)10(21,22)9(19,20)11(23,24)25;/h1-3H;/q-1;+1. The van der Waals surface area contributed by atoms with Gasteiger partial charge in [-0.2, -0.15) is 65.9 Å². The van der Waals surface area contributed by atoms with Crippen LogP contribution in [0, 0.1) is 0 Å². The van der Waals surface area contributed by atoms with Crippen molar-refractivity contribution < 1.29 is 88.2 Å². The van der Waals surface area contributed by atoms with E-state index in [9.17, 15) is 65.9 Å². The summed E-state index contributed by atoms with van der Waals surface area (Å²) in [4.78, 5) is -1.19. The van der Waals surface area contributed by atoms with Crippen LogP contribution in [0.1, 0.15) is 11.1 Å². The van der Waals surface area contributed by atoms with Gasteiger partial charge in [0.25, 0.3) is 0 Å². The van der Waals surface area contributed by atoms with E-state index in [1.807, 2.05) is 0 Å². The van der Waals surface area contributed by atoms with Gasteiger partial charge in [0.1, 0.15) is 0 Å². The van der Waals surface area contributed by atoms with Crippen LogP contribution in [0.4, 0.5) is 65.9 Å². The van der Waals surface area contributed by atoms with Crippen LogP contribution >= 0.6 is 23.9 Å². The summed E-state index contributed by atoms with van der Waals surface area (Å²) in [5.74, 6) is -14.3. The molecule has 0 amide bonds. The zero-order valence-electron chi connectivity index (χ0n) is 13.5. The molecule has 0 spiro atoms. The normalized spacial score (nSPS) is 14.4. The number of hydrogen-bond acceptors (Lipinski definition) is 2. The van der Waals surface area contributed by atoms with Crippen LogP contribution in [0.2, 0.25) is 0 Å². The summed E-state index contributed by atoms with van der Waals surface area (Å²) < 4.78 is 192. The first-order valence-corrected chi connectivity index (χ1v) is 8.14. The summed E-state index contributed by atoms with van der Waals surface area (Å²) in [6.07, 6.45) is -17.8. The number of benzene rings is 1. The van der Waals surface area contributed by atoms with Crippen LogP contribution in [-0.2, 0) is 34.7 Å². The maximum atomic E-state index is 13.2. The van der Waals surface area contributed by atoms with Gasteiger partial charge >= 0.3 is 58.0 Å². The van der Waals surface area contributed by atoms with Gasteiger partial charge in [-0.3, -0.25) is 0 Å². The molecule has 1 rings (SSSR count). The van der Waals surface area contributed by atoms with Crippen molar-refractivity contribution in [2.24, 2.45) is 0 Å². The predicted octanol–water partition coefficient (Wildman–Crippen LogP) is 8.18. The molecule has 0 aromatic heterocycles. The van der Waals surface area contributed by atoms with Gasteiger partial charge in [-0.15, -0.1) is 0 Å².